The fraction of sp³-hybridized carbons (Fsp3) is 0.421. The van der Waals surface area contributed by atoms with Crippen molar-refractivity contribution in [1.29, 1.82) is 0 Å². The monoisotopic (exact) mass is 341 g/mol. The molecule has 0 unspecified atom stereocenters. The third-order valence-electron chi connectivity index (χ3n) is 5.40. The van der Waals surface area contributed by atoms with E-state index < -0.39 is 29.5 Å². The summed E-state index contributed by atoms with van der Waals surface area (Å²) in [6.45, 7) is 5.17. The molecular weight excluding hydrogens is 322 g/mol. The molecule has 1 aromatic carbocycles. The Morgan fingerprint density at radius 3 is 2.68 bits per heavy atom. The molecule has 2 saturated heterocycles. The maximum atomic E-state index is 13.1. The first-order valence-electron chi connectivity index (χ1n) is 8.30. The van der Waals surface area contributed by atoms with Crippen LogP contribution in [0.25, 0.3) is 0 Å². The van der Waals surface area contributed by atoms with Crippen molar-refractivity contribution in [2.45, 2.75) is 32.5 Å². The minimum absolute atomic E-state index is 0.0592. The van der Waals surface area contributed by atoms with Crippen molar-refractivity contribution in [2.24, 2.45) is 11.8 Å². The van der Waals surface area contributed by atoms with Crippen LogP contribution in [0.1, 0.15) is 18.1 Å². The molecule has 0 N–H and O–H groups in total. The van der Waals surface area contributed by atoms with Crippen LogP contribution in [0.3, 0.4) is 0 Å². The van der Waals surface area contributed by atoms with Crippen LogP contribution in [0.2, 0.25) is 0 Å². The largest absolute Gasteiger partial charge is 0.462 e. The minimum Gasteiger partial charge on any atom is -0.462 e. The van der Waals surface area contributed by atoms with Crippen molar-refractivity contribution < 1.29 is 23.9 Å². The maximum Gasteiger partial charge on any atom is 0.302 e. The molecule has 2 fully saturated rings. The van der Waals surface area contributed by atoms with Gasteiger partial charge >= 0.3 is 5.97 Å². The molecule has 2 amide bonds. The summed E-state index contributed by atoms with van der Waals surface area (Å²) >= 11 is 0. The van der Waals surface area contributed by atoms with E-state index in [9.17, 15) is 14.4 Å². The predicted octanol–water partition coefficient (Wildman–Crippen LogP) is 1.68. The highest BCUT2D eigenvalue weighted by Crippen LogP contribution is 2.52. The number of nitrogens with zero attached hydrogens (tertiary/aromatic N) is 1. The average Bonchev–Trinajstić information content (AvgIpc) is 3.20. The van der Waals surface area contributed by atoms with Crippen molar-refractivity contribution in [1.82, 2.24) is 0 Å². The Morgan fingerprint density at radius 1 is 1.24 bits per heavy atom. The van der Waals surface area contributed by atoms with Gasteiger partial charge in [0.15, 0.2) is 0 Å². The third kappa shape index (κ3) is 2.17. The van der Waals surface area contributed by atoms with Crippen molar-refractivity contribution in [2.75, 3.05) is 11.5 Å². The Balaban J connectivity index is 1.70. The summed E-state index contributed by atoms with van der Waals surface area (Å²) in [6.07, 6.45) is 3.10. The molecule has 4 rings (SSSR count). The number of amides is 2. The van der Waals surface area contributed by atoms with Gasteiger partial charge in [-0.1, -0.05) is 12.1 Å². The van der Waals surface area contributed by atoms with E-state index in [0.29, 0.717) is 5.69 Å². The first-order chi connectivity index (χ1) is 11.8. The van der Waals surface area contributed by atoms with Crippen LogP contribution < -0.4 is 4.90 Å². The lowest BCUT2D eigenvalue weighted by Crippen LogP contribution is -2.44. The Bertz CT molecular complexity index is 829. The summed E-state index contributed by atoms with van der Waals surface area (Å²) < 4.78 is 11.0. The molecule has 0 spiro atoms. The standard InChI is InChI=1S/C19H19NO5/c1-10-4-5-13(8-11(10)2)20-17(22)15-14-6-7-19(25-14,9-24-12(3)21)16(15)18(20)23/h4-8,14-16H,9H2,1-3H3/t14-,15-,16+,19-/m1/s1. The number of hydrogen-bond donors (Lipinski definition) is 0. The number of fused-ring (bicyclic) bond motifs is 5. The molecule has 2 bridgehead atoms. The lowest BCUT2D eigenvalue weighted by atomic mass is 9.77. The first kappa shape index (κ1) is 16.0. The maximum absolute atomic E-state index is 13.1. The Labute approximate surface area is 145 Å². The number of aryl methyl sites for hydroxylation is 2. The van der Waals surface area contributed by atoms with Gasteiger partial charge in [0.05, 0.1) is 23.6 Å². The lowest BCUT2D eigenvalue weighted by Gasteiger charge is -2.28. The molecule has 3 aliphatic rings. The normalized spacial score (nSPS) is 32.4. The second-order valence-electron chi connectivity index (χ2n) is 6.96. The smallest absolute Gasteiger partial charge is 0.302 e. The van der Waals surface area contributed by atoms with Crippen molar-refractivity contribution in [3.63, 3.8) is 0 Å². The second-order valence-corrected chi connectivity index (χ2v) is 6.96. The van der Waals surface area contributed by atoms with Crippen LogP contribution in [-0.4, -0.2) is 36.1 Å². The molecule has 0 aromatic heterocycles. The topological polar surface area (TPSA) is 72.9 Å². The summed E-state index contributed by atoms with van der Waals surface area (Å²) in [5, 5.41) is 0. The van der Waals surface area contributed by atoms with Gasteiger partial charge in [0, 0.05) is 6.92 Å². The van der Waals surface area contributed by atoms with E-state index >= 15 is 0 Å². The van der Waals surface area contributed by atoms with Crippen LogP contribution >= 0.6 is 0 Å². The van der Waals surface area contributed by atoms with Crippen molar-refractivity contribution in [3.8, 4) is 0 Å². The summed E-state index contributed by atoms with van der Waals surface area (Å²) in [5.41, 5.74) is 1.65. The minimum atomic E-state index is -1.04. The number of esters is 1. The molecule has 1 aromatic rings. The quantitative estimate of drug-likeness (QED) is 0.475. The van der Waals surface area contributed by atoms with E-state index in [4.69, 9.17) is 9.47 Å². The fourth-order valence-corrected chi connectivity index (χ4v) is 4.00. The number of benzene rings is 1. The molecule has 6 heteroatoms. The summed E-state index contributed by atoms with van der Waals surface area (Å²) in [5.74, 6) is -2.21. The number of carbonyl (C=O) groups is 3. The molecule has 0 saturated carbocycles. The molecular formula is C19H19NO5. The zero-order chi connectivity index (χ0) is 17.9. The Hall–Kier alpha value is -2.47. The van der Waals surface area contributed by atoms with Crippen LogP contribution in [0.15, 0.2) is 30.4 Å². The fourth-order valence-electron chi connectivity index (χ4n) is 4.00. The Morgan fingerprint density at radius 2 is 2.00 bits per heavy atom. The number of imide groups is 1. The van der Waals surface area contributed by atoms with Gasteiger partial charge in [0.25, 0.3) is 0 Å². The number of anilines is 1. The average molecular weight is 341 g/mol. The van der Waals surface area contributed by atoms with Gasteiger partial charge in [-0.2, -0.15) is 0 Å². The highest BCUT2D eigenvalue weighted by Gasteiger charge is 2.68. The van der Waals surface area contributed by atoms with E-state index in [1.54, 1.807) is 18.2 Å². The predicted molar refractivity (Wildman–Crippen MR) is 88.8 cm³/mol. The van der Waals surface area contributed by atoms with Crippen LogP contribution in [0.4, 0.5) is 5.69 Å². The zero-order valence-corrected chi connectivity index (χ0v) is 14.3. The van der Waals surface area contributed by atoms with Crippen molar-refractivity contribution >= 4 is 23.5 Å². The molecule has 3 aliphatic heterocycles. The van der Waals surface area contributed by atoms with E-state index in [1.807, 2.05) is 26.0 Å². The molecule has 3 heterocycles. The number of rotatable bonds is 3. The van der Waals surface area contributed by atoms with E-state index in [0.717, 1.165) is 11.1 Å². The van der Waals surface area contributed by atoms with E-state index in [1.165, 1.54) is 11.8 Å². The van der Waals surface area contributed by atoms with Crippen LogP contribution in [0.5, 0.6) is 0 Å². The van der Waals surface area contributed by atoms with E-state index in [2.05, 4.69) is 0 Å². The number of carbonyl (C=O) groups excluding carboxylic acids is 3. The molecule has 130 valence electrons. The zero-order valence-electron chi connectivity index (χ0n) is 14.3. The van der Waals surface area contributed by atoms with Gasteiger partial charge in [-0.05, 0) is 43.2 Å². The van der Waals surface area contributed by atoms with Gasteiger partial charge in [0.1, 0.15) is 12.2 Å². The number of ether oxygens (including phenoxy) is 2. The SMILES string of the molecule is CC(=O)OC[C@@]12C=C[C@@H](O1)[C@H]1C(=O)N(c3ccc(C)c(C)c3)C(=O)[C@H]12. The molecule has 4 atom stereocenters. The van der Waals surface area contributed by atoms with Gasteiger partial charge in [0.2, 0.25) is 11.8 Å². The van der Waals surface area contributed by atoms with Crippen molar-refractivity contribution in [3.05, 3.63) is 41.5 Å². The Kier molecular flexibility index (Phi) is 3.37. The molecule has 0 aliphatic carbocycles. The third-order valence-corrected chi connectivity index (χ3v) is 5.40. The summed E-state index contributed by atoms with van der Waals surface area (Å²) in [7, 11) is 0. The lowest BCUT2D eigenvalue weighted by molar-refractivity contribution is -0.150. The highest BCUT2D eigenvalue weighted by molar-refractivity contribution is 6.23. The van der Waals surface area contributed by atoms with Gasteiger partial charge in [-0.3, -0.25) is 14.4 Å². The molecule has 25 heavy (non-hydrogen) atoms. The first-order valence-corrected chi connectivity index (χ1v) is 8.30. The second kappa shape index (κ2) is 5.26. The molecule has 0 radical (unpaired) electrons. The van der Waals surface area contributed by atoms with Gasteiger partial charge < -0.3 is 9.47 Å². The van der Waals surface area contributed by atoms with Gasteiger partial charge in [-0.25, -0.2) is 4.90 Å². The molecule has 6 nitrogen and oxygen atoms in total. The highest BCUT2D eigenvalue weighted by atomic mass is 16.6. The number of hydrogen-bond acceptors (Lipinski definition) is 5. The van der Waals surface area contributed by atoms with Crippen LogP contribution in [0, 0.1) is 25.7 Å². The van der Waals surface area contributed by atoms with Gasteiger partial charge in [-0.15, -0.1) is 0 Å². The van der Waals surface area contributed by atoms with Crippen LogP contribution in [-0.2, 0) is 23.9 Å². The summed E-state index contributed by atoms with van der Waals surface area (Å²) in [4.78, 5) is 38.5. The summed E-state index contributed by atoms with van der Waals surface area (Å²) in [6, 6.07) is 5.53. The van der Waals surface area contributed by atoms with E-state index in [-0.39, 0.29) is 18.4 Å².